The highest BCUT2D eigenvalue weighted by Gasteiger charge is 2.51. The molecule has 0 bridgehead atoms. The molecule has 0 aromatic heterocycles. The molecule has 1 aromatic rings. The molecule has 0 amide bonds. The topological polar surface area (TPSA) is 61.8 Å². The third kappa shape index (κ3) is 4.47. The van der Waals surface area contributed by atoms with Crippen molar-refractivity contribution in [2.75, 3.05) is 6.61 Å². The van der Waals surface area contributed by atoms with E-state index in [0.717, 1.165) is 5.56 Å². The molecule has 4 atom stereocenters. The molecule has 1 fully saturated rings. The molecule has 1 saturated heterocycles. The van der Waals surface area contributed by atoms with Crippen molar-refractivity contribution in [1.82, 2.24) is 0 Å². The van der Waals surface area contributed by atoms with E-state index in [1.807, 2.05) is 6.07 Å². The summed E-state index contributed by atoms with van der Waals surface area (Å²) >= 11 is 0. The van der Waals surface area contributed by atoms with Crippen LogP contribution < -0.4 is 0 Å². The van der Waals surface area contributed by atoms with E-state index < -0.39 is 27.8 Å². The SMILES string of the molecule is C[C@H]1[C@H](OCc2ccccc2)[C@@H](OS(=O)(=O)C(F)(F)F)CO[C@H]1C. The third-order valence-electron chi connectivity index (χ3n) is 3.97. The summed E-state index contributed by atoms with van der Waals surface area (Å²) in [6.45, 7) is 3.31. The van der Waals surface area contributed by atoms with Crippen molar-refractivity contribution >= 4 is 10.1 Å². The second-order valence-corrected chi connectivity index (χ2v) is 7.26. The number of hydrogen-bond donors (Lipinski definition) is 0. The van der Waals surface area contributed by atoms with Gasteiger partial charge in [-0.3, -0.25) is 4.18 Å². The summed E-state index contributed by atoms with van der Waals surface area (Å²) in [6.07, 6.45) is -2.49. The van der Waals surface area contributed by atoms with Crippen molar-refractivity contribution in [3.8, 4) is 0 Å². The second kappa shape index (κ2) is 7.38. The maximum atomic E-state index is 12.5. The van der Waals surface area contributed by atoms with E-state index in [0.29, 0.717) is 0 Å². The van der Waals surface area contributed by atoms with Crippen LogP contribution in [0.1, 0.15) is 19.4 Å². The zero-order chi connectivity index (χ0) is 18.0. The highest BCUT2D eigenvalue weighted by Crippen LogP contribution is 2.32. The van der Waals surface area contributed by atoms with Crippen LogP contribution in [0.15, 0.2) is 30.3 Å². The minimum absolute atomic E-state index is 0.133. The first-order chi connectivity index (χ1) is 11.1. The zero-order valence-electron chi connectivity index (χ0n) is 13.2. The first-order valence-corrected chi connectivity index (χ1v) is 8.79. The Labute approximate surface area is 138 Å². The van der Waals surface area contributed by atoms with Crippen molar-refractivity contribution < 1.29 is 35.2 Å². The molecule has 1 aliphatic heterocycles. The average Bonchev–Trinajstić information content (AvgIpc) is 2.50. The lowest BCUT2D eigenvalue weighted by molar-refractivity contribution is -0.168. The Morgan fingerprint density at radius 2 is 1.83 bits per heavy atom. The van der Waals surface area contributed by atoms with Gasteiger partial charge in [0, 0.05) is 5.92 Å². The van der Waals surface area contributed by atoms with Crippen molar-refractivity contribution in [3.05, 3.63) is 35.9 Å². The Bertz CT molecular complexity index is 632. The molecule has 0 radical (unpaired) electrons. The Hall–Kier alpha value is -1.16. The monoisotopic (exact) mass is 368 g/mol. The van der Waals surface area contributed by atoms with Gasteiger partial charge in [-0.25, -0.2) is 0 Å². The highest BCUT2D eigenvalue weighted by atomic mass is 32.2. The van der Waals surface area contributed by atoms with Crippen molar-refractivity contribution in [2.45, 2.75) is 44.3 Å². The Morgan fingerprint density at radius 1 is 1.21 bits per heavy atom. The summed E-state index contributed by atoms with van der Waals surface area (Å²) in [5, 5.41) is 0. The fraction of sp³-hybridized carbons (Fsp3) is 0.600. The third-order valence-corrected chi connectivity index (χ3v) is 5.03. The summed E-state index contributed by atoms with van der Waals surface area (Å²) in [7, 11) is -5.71. The van der Waals surface area contributed by atoms with Crippen LogP contribution in [0.5, 0.6) is 0 Å². The molecule has 1 aromatic carbocycles. The van der Waals surface area contributed by atoms with Crippen LogP contribution in [0.2, 0.25) is 0 Å². The normalized spacial score (nSPS) is 28.7. The molecule has 9 heteroatoms. The summed E-state index contributed by atoms with van der Waals surface area (Å²) in [6, 6.07) is 9.03. The number of rotatable bonds is 5. The van der Waals surface area contributed by atoms with Gasteiger partial charge >= 0.3 is 15.6 Å². The molecule has 2 rings (SSSR count). The first-order valence-electron chi connectivity index (χ1n) is 7.38. The largest absolute Gasteiger partial charge is 0.523 e. The lowest BCUT2D eigenvalue weighted by Crippen LogP contribution is -2.51. The quantitative estimate of drug-likeness (QED) is 0.591. The summed E-state index contributed by atoms with van der Waals surface area (Å²) < 4.78 is 75.5. The molecular formula is C15H19F3O5S. The van der Waals surface area contributed by atoms with E-state index in [9.17, 15) is 21.6 Å². The molecule has 24 heavy (non-hydrogen) atoms. The molecule has 136 valence electrons. The second-order valence-electron chi connectivity index (χ2n) is 5.69. The zero-order valence-corrected chi connectivity index (χ0v) is 14.0. The predicted octanol–water partition coefficient (Wildman–Crippen LogP) is 2.86. The molecule has 0 saturated carbocycles. The van der Waals surface area contributed by atoms with Crippen molar-refractivity contribution in [3.63, 3.8) is 0 Å². The van der Waals surface area contributed by atoms with Gasteiger partial charge in [0.15, 0.2) is 0 Å². The van der Waals surface area contributed by atoms with Gasteiger partial charge in [-0.05, 0) is 12.5 Å². The van der Waals surface area contributed by atoms with Crippen LogP contribution in [0.3, 0.4) is 0 Å². The van der Waals surface area contributed by atoms with Gasteiger partial charge in [0.25, 0.3) is 0 Å². The van der Waals surface area contributed by atoms with Gasteiger partial charge in [0.2, 0.25) is 0 Å². The van der Waals surface area contributed by atoms with E-state index in [1.165, 1.54) is 0 Å². The first kappa shape index (κ1) is 19.2. The number of halogens is 3. The fourth-order valence-electron chi connectivity index (χ4n) is 2.42. The van der Waals surface area contributed by atoms with Crippen LogP contribution in [-0.2, 0) is 30.4 Å². The summed E-state index contributed by atoms with van der Waals surface area (Å²) in [5.74, 6) is -0.337. The predicted molar refractivity (Wildman–Crippen MR) is 79.4 cm³/mol. The molecule has 0 spiro atoms. The van der Waals surface area contributed by atoms with E-state index in [-0.39, 0.29) is 25.2 Å². The van der Waals surface area contributed by atoms with Gasteiger partial charge in [-0.1, -0.05) is 37.3 Å². The minimum Gasteiger partial charge on any atom is -0.375 e. The van der Waals surface area contributed by atoms with E-state index in [2.05, 4.69) is 4.18 Å². The maximum absolute atomic E-state index is 12.5. The number of alkyl halides is 3. The van der Waals surface area contributed by atoms with Gasteiger partial charge in [0.05, 0.1) is 25.4 Å². The summed E-state index contributed by atoms with van der Waals surface area (Å²) in [5.41, 5.74) is -4.66. The Balaban J connectivity index is 2.12. The lowest BCUT2D eigenvalue weighted by atomic mass is 9.92. The number of benzene rings is 1. The van der Waals surface area contributed by atoms with Crippen LogP contribution >= 0.6 is 0 Å². The summed E-state index contributed by atoms with van der Waals surface area (Å²) in [4.78, 5) is 0. The van der Waals surface area contributed by atoms with Gasteiger partial charge in [0.1, 0.15) is 6.10 Å². The standard InChI is InChI=1S/C15H19F3O5S/c1-10-11(2)21-9-13(23-24(19,20)15(16,17)18)14(10)22-8-12-6-4-3-5-7-12/h3-7,10-11,13-14H,8-9H2,1-2H3/t10-,11+,13+,14+/m1/s1. The van der Waals surface area contributed by atoms with Crippen molar-refractivity contribution in [2.24, 2.45) is 5.92 Å². The van der Waals surface area contributed by atoms with Crippen LogP contribution in [-0.4, -0.2) is 38.8 Å². The molecular weight excluding hydrogens is 349 g/mol. The minimum atomic E-state index is -5.71. The molecule has 0 aliphatic carbocycles. The molecule has 1 aliphatic rings. The molecule has 0 unspecified atom stereocenters. The fourth-order valence-corrected chi connectivity index (χ4v) is 3.02. The highest BCUT2D eigenvalue weighted by molar-refractivity contribution is 7.87. The van der Waals surface area contributed by atoms with Crippen molar-refractivity contribution in [1.29, 1.82) is 0 Å². The van der Waals surface area contributed by atoms with Gasteiger partial charge < -0.3 is 9.47 Å². The lowest BCUT2D eigenvalue weighted by Gasteiger charge is -2.39. The number of hydrogen-bond acceptors (Lipinski definition) is 5. The Kier molecular flexibility index (Phi) is 5.90. The van der Waals surface area contributed by atoms with Crippen LogP contribution in [0.25, 0.3) is 0 Å². The number of ether oxygens (including phenoxy) is 2. The van der Waals surface area contributed by atoms with Crippen LogP contribution in [0, 0.1) is 5.92 Å². The Morgan fingerprint density at radius 3 is 2.42 bits per heavy atom. The van der Waals surface area contributed by atoms with Crippen LogP contribution in [0.4, 0.5) is 13.2 Å². The van der Waals surface area contributed by atoms with E-state index in [1.54, 1.807) is 38.1 Å². The molecule has 0 N–H and O–H groups in total. The van der Waals surface area contributed by atoms with E-state index >= 15 is 0 Å². The maximum Gasteiger partial charge on any atom is 0.523 e. The molecule has 1 heterocycles. The molecule has 5 nitrogen and oxygen atoms in total. The van der Waals surface area contributed by atoms with E-state index in [4.69, 9.17) is 9.47 Å². The van der Waals surface area contributed by atoms with Gasteiger partial charge in [-0.15, -0.1) is 0 Å². The average molecular weight is 368 g/mol. The smallest absolute Gasteiger partial charge is 0.375 e. The van der Waals surface area contributed by atoms with Gasteiger partial charge in [-0.2, -0.15) is 21.6 Å².